The topological polar surface area (TPSA) is 89.0 Å². The van der Waals surface area contributed by atoms with E-state index in [1.165, 1.54) is 30.3 Å². The zero-order valence-corrected chi connectivity index (χ0v) is 18.7. The number of anilines is 2. The third-order valence-electron chi connectivity index (χ3n) is 5.49. The maximum atomic E-state index is 14.6. The van der Waals surface area contributed by atoms with E-state index < -0.39 is 42.6 Å². The molecule has 2 heterocycles. The van der Waals surface area contributed by atoms with Crippen LogP contribution in [0.3, 0.4) is 0 Å². The number of aryl methyl sites for hydroxylation is 1. The van der Waals surface area contributed by atoms with Crippen LogP contribution in [0.15, 0.2) is 36.5 Å². The van der Waals surface area contributed by atoms with Crippen LogP contribution in [-0.2, 0) is 25.7 Å². The fourth-order valence-electron chi connectivity index (χ4n) is 3.86. The predicted molar refractivity (Wildman–Crippen MR) is 120 cm³/mol. The Labute approximate surface area is 193 Å². The molecule has 4 rings (SSSR count). The molecule has 3 aromatic rings. The molecule has 0 bridgehead atoms. The number of rotatable bonds is 5. The van der Waals surface area contributed by atoms with Gasteiger partial charge in [-0.15, -0.1) is 0 Å². The molecule has 0 spiro atoms. The summed E-state index contributed by atoms with van der Waals surface area (Å²) < 4.78 is 39.3. The highest BCUT2D eigenvalue weighted by Crippen LogP contribution is 2.41. The SMILES string of the molecule is COc1ccc2c3c(cnc2c1)N(C(=O)COC(C)=O)CC(=O)N3Cc1c(F)cc(C)cc1F. The van der Waals surface area contributed by atoms with Crippen LogP contribution in [0, 0.1) is 18.6 Å². The van der Waals surface area contributed by atoms with Crippen LogP contribution in [0.25, 0.3) is 10.9 Å². The number of nitrogens with zero attached hydrogens (tertiary/aromatic N) is 3. The van der Waals surface area contributed by atoms with Crippen LogP contribution in [0.2, 0.25) is 0 Å². The number of carbonyl (C=O) groups is 3. The molecule has 0 aliphatic carbocycles. The van der Waals surface area contributed by atoms with E-state index in [0.717, 1.165) is 11.8 Å². The lowest BCUT2D eigenvalue weighted by atomic mass is 10.0. The average molecular weight is 469 g/mol. The normalized spacial score (nSPS) is 13.1. The van der Waals surface area contributed by atoms with Gasteiger partial charge < -0.3 is 14.4 Å². The van der Waals surface area contributed by atoms with Crippen LogP contribution in [-0.4, -0.2) is 43.0 Å². The van der Waals surface area contributed by atoms with Crippen molar-refractivity contribution in [2.24, 2.45) is 0 Å². The highest BCUT2D eigenvalue weighted by atomic mass is 19.1. The van der Waals surface area contributed by atoms with Crippen molar-refractivity contribution in [3.63, 3.8) is 0 Å². The van der Waals surface area contributed by atoms with Gasteiger partial charge in [-0.25, -0.2) is 8.78 Å². The van der Waals surface area contributed by atoms with Crippen molar-refractivity contribution in [3.05, 3.63) is 59.3 Å². The van der Waals surface area contributed by atoms with Gasteiger partial charge in [0.25, 0.3) is 5.91 Å². The molecule has 0 atom stereocenters. The summed E-state index contributed by atoms with van der Waals surface area (Å²) in [5, 5.41) is 0.476. The van der Waals surface area contributed by atoms with E-state index in [0.29, 0.717) is 22.2 Å². The number of esters is 1. The first-order valence-corrected chi connectivity index (χ1v) is 10.3. The Morgan fingerprint density at radius 1 is 1.15 bits per heavy atom. The molecule has 2 amide bonds. The minimum atomic E-state index is -0.778. The molecular formula is C24H21F2N3O5. The Morgan fingerprint density at radius 3 is 2.50 bits per heavy atom. The number of halogens is 2. The number of fused-ring (bicyclic) bond motifs is 3. The van der Waals surface area contributed by atoms with E-state index >= 15 is 0 Å². The van der Waals surface area contributed by atoms with Gasteiger partial charge in [-0.1, -0.05) is 0 Å². The monoisotopic (exact) mass is 469 g/mol. The number of hydrogen-bond acceptors (Lipinski definition) is 6. The minimum absolute atomic E-state index is 0.252. The Hall–Kier alpha value is -4.08. The molecular weight excluding hydrogens is 448 g/mol. The van der Waals surface area contributed by atoms with Crippen molar-refractivity contribution < 1.29 is 32.6 Å². The molecule has 1 aliphatic rings. The second kappa shape index (κ2) is 9.05. The first-order chi connectivity index (χ1) is 16.2. The van der Waals surface area contributed by atoms with E-state index in [1.54, 1.807) is 25.1 Å². The summed E-state index contributed by atoms with van der Waals surface area (Å²) in [4.78, 5) is 43.9. The van der Waals surface area contributed by atoms with E-state index in [9.17, 15) is 23.2 Å². The molecule has 10 heteroatoms. The number of aromatic nitrogens is 1. The lowest BCUT2D eigenvalue weighted by Crippen LogP contribution is -2.49. The second-order valence-electron chi connectivity index (χ2n) is 7.82. The van der Waals surface area contributed by atoms with Crippen LogP contribution >= 0.6 is 0 Å². The third-order valence-corrected chi connectivity index (χ3v) is 5.49. The molecule has 1 aromatic heterocycles. The number of pyridine rings is 1. The molecule has 8 nitrogen and oxygen atoms in total. The summed E-state index contributed by atoms with van der Waals surface area (Å²) in [6.07, 6.45) is 1.39. The molecule has 1 aliphatic heterocycles. The Balaban J connectivity index is 1.86. The lowest BCUT2D eigenvalue weighted by Gasteiger charge is -2.36. The average Bonchev–Trinajstić information content (AvgIpc) is 2.79. The Kier molecular flexibility index (Phi) is 6.14. The van der Waals surface area contributed by atoms with Crippen LogP contribution in [0.4, 0.5) is 20.2 Å². The van der Waals surface area contributed by atoms with Gasteiger partial charge in [-0.05, 0) is 36.8 Å². The van der Waals surface area contributed by atoms with Crippen molar-refractivity contribution in [1.82, 2.24) is 4.98 Å². The summed E-state index contributed by atoms with van der Waals surface area (Å²) in [7, 11) is 1.49. The third kappa shape index (κ3) is 4.26. The van der Waals surface area contributed by atoms with Crippen molar-refractivity contribution in [2.45, 2.75) is 20.4 Å². The van der Waals surface area contributed by atoms with Gasteiger partial charge in [0.2, 0.25) is 5.91 Å². The maximum absolute atomic E-state index is 14.6. The van der Waals surface area contributed by atoms with Crippen molar-refractivity contribution in [2.75, 3.05) is 30.1 Å². The summed E-state index contributed by atoms with van der Waals surface area (Å²) in [6, 6.07) is 7.34. The predicted octanol–water partition coefficient (Wildman–Crippen LogP) is 3.27. The van der Waals surface area contributed by atoms with Crippen molar-refractivity contribution in [1.29, 1.82) is 0 Å². The second-order valence-corrected chi connectivity index (χ2v) is 7.82. The fraction of sp³-hybridized carbons (Fsp3) is 0.250. The first kappa shape index (κ1) is 23.1. The summed E-state index contributed by atoms with van der Waals surface area (Å²) >= 11 is 0. The zero-order valence-electron chi connectivity index (χ0n) is 18.7. The minimum Gasteiger partial charge on any atom is -0.497 e. The van der Waals surface area contributed by atoms with Gasteiger partial charge in [0.05, 0.1) is 36.7 Å². The molecule has 2 aromatic carbocycles. The standard InChI is InChI=1S/C24H21F2N3O5/c1-13-6-18(25)17(19(26)7-13)10-29-22(31)11-28(23(32)12-34-14(2)30)21-9-27-20-8-15(33-3)4-5-16(20)24(21)29/h4-9H,10-12H2,1-3H3. The van der Waals surface area contributed by atoms with Crippen molar-refractivity contribution >= 4 is 40.1 Å². The Bertz CT molecular complexity index is 1300. The van der Waals surface area contributed by atoms with Crippen LogP contribution in [0.1, 0.15) is 18.1 Å². The van der Waals surface area contributed by atoms with Gasteiger partial charge in [0.1, 0.15) is 23.9 Å². The maximum Gasteiger partial charge on any atom is 0.303 e. The largest absolute Gasteiger partial charge is 0.497 e. The van der Waals surface area contributed by atoms with E-state index in [1.807, 2.05) is 0 Å². The molecule has 0 saturated carbocycles. The summed E-state index contributed by atoms with van der Waals surface area (Å²) in [5.74, 6) is -2.88. The van der Waals surface area contributed by atoms with Gasteiger partial charge in [0, 0.05) is 23.9 Å². The number of hydrogen-bond donors (Lipinski definition) is 0. The molecule has 0 saturated heterocycles. The van der Waals surface area contributed by atoms with E-state index in [2.05, 4.69) is 4.98 Å². The smallest absolute Gasteiger partial charge is 0.303 e. The van der Waals surface area contributed by atoms with Gasteiger partial charge >= 0.3 is 5.97 Å². The number of carbonyl (C=O) groups excluding carboxylic acids is 3. The highest BCUT2D eigenvalue weighted by Gasteiger charge is 2.35. The van der Waals surface area contributed by atoms with Gasteiger partial charge in [0.15, 0.2) is 6.61 Å². The molecule has 0 unspecified atom stereocenters. The van der Waals surface area contributed by atoms with Crippen LogP contribution in [0.5, 0.6) is 5.75 Å². The number of ether oxygens (including phenoxy) is 2. The Morgan fingerprint density at radius 2 is 1.85 bits per heavy atom. The number of benzene rings is 2. The molecule has 176 valence electrons. The summed E-state index contributed by atoms with van der Waals surface area (Å²) in [6.45, 7) is 1.37. The van der Waals surface area contributed by atoms with E-state index in [-0.39, 0.29) is 23.5 Å². The van der Waals surface area contributed by atoms with Gasteiger partial charge in [-0.2, -0.15) is 0 Å². The number of amides is 2. The molecule has 0 fully saturated rings. The quantitative estimate of drug-likeness (QED) is 0.533. The lowest BCUT2D eigenvalue weighted by molar-refractivity contribution is -0.145. The van der Waals surface area contributed by atoms with Crippen LogP contribution < -0.4 is 14.5 Å². The fourth-order valence-corrected chi connectivity index (χ4v) is 3.86. The van der Waals surface area contributed by atoms with Crippen molar-refractivity contribution in [3.8, 4) is 5.75 Å². The summed E-state index contributed by atoms with van der Waals surface area (Å²) in [5.41, 5.74) is 1.10. The number of methoxy groups -OCH3 is 1. The first-order valence-electron chi connectivity index (χ1n) is 10.3. The highest BCUT2D eigenvalue weighted by molar-refractivity contribution is 6.17. The molecule has 0 radical (unpaired) electrons. The van der Waals surface area contributed by atoms with E-state index in [4.69, 9.17) is 9.47 Å². The zero-order chi connectivity index (χ0) is 24.6. The molecule has 0 N–H and O–H groups in total. The van der Waals surface area contributed by atoms with Gasteiger partial charge in [-0.3, -0.25) is 24.3 Å². The molecule has 34 heavy (non-hydrogen) atoms.